The average Bonchev–Trinajstić information content (AvgIpc) is 2.23. The van der Waals surface area contributed by atoms with Crippen molar-refractivity contribution in [2.45, 2.75) is 13.3 Å². The van der Waals surface area contributed by atoms with E-state index in [0.29, 0.717) is 23.5 Å². The van der Waals surface area contributed by atoms with Crippen LogP contribution < -0.4 is 5.32 Å². The van der Waals surface area contributed by atoms with Gasteiger partial charge in [0.2, 0.25) is 0 Å². The van der Waals surface area contributed by atoms with Gasteiger partial charge in [-0.25, -0.2) is 9.97 Å². The summed E-state index contributed by atoms with van der Waals surface area (Å²) in [6.07, 6.45) is 1.64. The summed E-state index contributed by atoms with van der Waals surface area (Å²) < 4.78 is 0. The lowest BCUT2D eigenvalue weighted by molar-refractivity contribution is 0.112. The van der Waals surface area contributed by atoms with E-state index in [1.807, 2.05) is 14.1 Å². The van der Waals surface area contributed by atoms with Crippen molar-refractivity contribution >= 4 is 23.7 Å². The molecule has 0 spiro atoms. The molecular formula is C11H17ClN4O. The summed E-state index contributed by atoms with van der Waals surface area (Å²) in [6, 6.07) is 0. The summed E-state index contributed by atoms with van der Waals surface area (Å²) in [6.45, 7) is 3.46. The second kappa shape index (κ2) is 6.51. The molecule has 0 bridgehead atoms. The molecule has 0 aromatic carbocycles. The molecule has 1 N–H and O–H groups in total. The van der Waals surface area contributed by atoms with Crippen LogP contribution in [0, 0.1) is 6.92 Å². The van der Waals surface area contributed by atoms with Crippen LogP contribution in [-0.2, 0) is 0 Å². The molecule has 0 aliphatic rings. The maximum absolute atomic E-state index is 10.9. The zero-order valence-electron chi connectivity index (χ0n) is 10.3. The van der Waals surface area contributed by atoms with Crippen LogP contribution in [0.4, 0.5) is 5.82 Å². The lowest BCUT2D eigenvalue weighted by Crippen LogP contribution is -2.17. The van der Waals surface area contributed by atoms with Crippen LogP contribution in [0.3, 0.4) is 0 Å². The Bertz CT molecular complexity index is 395. The molecule has 0 radical (unpaired) electrons. The molecule has 6 heteroatoms. The molecular weight excluding hydrogens is 240 g/mol. The topological polar surface area (TPSA) is 58.1 Å². The fourth-order valence-electron chi connectivity index (χ4n) is 1.39. The third-order valence-corrected chi connectivity index (χ3v) is 2.49. The van der Waals surface area contributed by atoms with E-state index in [4.69, 9.17) is 11.6 Å². The first-order chi connectivity index (χ1) is 8.04. The largest absolute Gasteiger partial charge is 0.369 e. The van der Waals surface area contributed by atoms with Crippen molar-refractivity contribution in [2.24, 2.45) is 0 Å². The molecule has 1 aromatic rings. The highest BCUT2D eigenvalue weighted by Gasteiger charge is 2.10. The first-order valence-electron chi connectivity index (χ1n) is 5.42. The fraction of sp³-hybridized carbons (Fsp3) is 0.545. The Morgan fingerprint density at radius 1 is 1.41 bits per heavy atom. The number of anilines is 1. The van der Waals surface area contributed by atoms with Gasteiger partial charge in [-0.1, -0.05) is 11.6 Å². The van der Waals surface area contributed by atoms with Crippen LogP contribution in [0.5, 0.6) is 0 Å². The number of aldehydes is 1. The number of aryl methyl sites for hydroxylation is 1. The van der Waals surface area contributed by atoms with E-state index in [1.165, 1.54) is 0 Å². The second-order valence-corrected chi connectivity index (χ2v) is 4.38. The van der Waals surface area contributed by atoms with Crippen molar-refractivity contribution in [2.75, 3.05) is 32.5 Å². The molecule has 1 rings (SSSR count). The molecule has 5 nitrogen and oxygen atoms in total. The third-order valence-electron chi connectivity index (χ3n) is 2.20. The normalized spacial score (nSPS) is 10.6. The van der Waals surface area contributed by atoms with Gasteiger partial charge in [-0.2, -0.15) is 0 Å². The Hall–Kier alpha value is -1.20. The number of hydrogen-bond donors (Lipinski definition) is 1. The molecule has 1 aromatic heterocycles. The van der Waals surface area contributed by atoms with Gasteiger partial charge in [-0.05, 0) is 34.0 Å². The Labute approximate surface area is 106 Å². The van der Waals surface area contributed by atoms with Crippen LogP contribution in [0.15, 0.2) is 0 Å². The SMILES string of the molecule is Cc1nc(Cl)c(C=O)c(NCCCN(C)C)n1. The molecule has 0 atom stereocenters. The molecule has 17 heavy (non-hydrogen) atoms. The third kappa shape index (κ3) is 4.28. The summed E-state index contributed by atoms with van der Waals surface area (Å²) in [5.41, 5.74) is 0.321. The Morgan fingerprint density at radius 2 is 2.12 bits per heavy atom. The van der Waals surface area contributed by atoms with Crippen molar-refractivity contribution in [1.29, 1.82) is 0 Å². The standard InChI is InChI=1S/C11H17ClN4O/c1-8-14-10(12)9(7-17)11(15-8)13-5-4-6-16(2)3/h7H,4-6H2,1-3H3,(H,13,14,15). The van der Waals surface area contributed by atoms with Gasteiger partial charge in [0.05, 0.1) is 5.56 Å². The Morgan fingerprint density at radius 3 is 2.71 bits per heavy atom. The van der Waals surface area contributed by atoms with Gasteiger partial charge in [-0.15, -0.1) is 0 Å². The molecule has 0 saturated heterocycles. The van der Waals surface area contributed by atoms with Crippen LogP contribution in [0.25, 0.3) is 0 Å². The smallest absolute Gasteiger partial charge is 0.156 e. The van der Waals surface area contributed by atoms with E-state index in [9.17, 15) is 4.79 Å². The zero-order chi connectivity index (χ0) is 12.8. The van der Waals surface area contributed by atoms with Crippen molar-refractivity contribution in [1.82, 2.24) is 14.9 Å². The minimum atomic E-state index is 0.197. The lowest BCUT2D eigenvalue weighted by Gasteiger charge is -2.11. The lowest BCUT2D eigenvalue weighted by atomic mass is 10.3. The summed E-state index contributed by atoms with van der Waals surface area (Å²) >= 11 is 5.87. The van der Waals surface area contributed by atoms with Gasteiger partial charge in [0, 0.05) is 6.54 Å². The highest BCUT2D eigenvalue weighted by Crippen LogP contribution is 2.18. The van der Waals surface area contributed by atoms with Gasteiger partial charge in [-0.3, -0.25) is 4.79 Å². The number of nitrogens with one attached hydrogen (secondary N) is 1. The summed E-state index contributed by atoms with van der Waals surface area (Å²) in [5.74, 6) is 1.06. The molecule has 0 saturated carbocycles. The number of carbonyl (C=O) groups excluding carboxylic acids is 1. The Kier molecular flexibility index (Phi) is 5.31. The van der Waals surface area contributed by atoms with Crippen molar-refractivity contribution in [3.05, 3.63) is 16.5 Å². The molecule has 0 unspecified atom stereocenters. The maximum Gasteiger partial charge on any atom is 0.156 e. The van der Waals surface area contributed by atoms with Crippen molar-refractivity contribution < 1.29 is 4.79 Å². The number of halogens is 1. The molecule has 0 fully saturated rings. The quantitative estimate of drug-likeness (QED) is 0.476. The van der Waals surface area contributed by atoms with Crippen LogP contribution in [0.2, 0.25) is 5.15 Å². The number of carbonyl (C=O) groups is 1. The fourth-order valence-corrected chi connectivity index (χ4v) is 1.64. The Balaban J connectivity index is 2.66. The molecule has 1 heterocycles. The van der Waals surface area contributed by atoms with Gasteiger partial charge in [0.15, 0.2) is 6.29 Å². The summed E-state index contributed by atoms with van der Waals surface area (Å²) in [4.78, 5) is 21.1. The number of aromatic nitrogens is 2. The molecule has 0 amide bonds. The summed E-state index contributed by atoms with van der Waals surface area (Å²) in [5, 5.41) is 3.30. The van der Waals surface area contributed by atoms with E-state index in [0.717, 1.165) is 19.5 Å². The minimum Gasteiger partial charge on any atom is -0.369 e. The first kappa shape index (κ1) is 13.9. The molecule has 94 valence electrons. The van der Waals surface area contributed by atoms with Crippen molar-refractivity contribution in [3.63, 3.8) is 0 Å². The van der Waals surface area contributed by atoms with E-state index < -0.39 is 0 Å². The van der Waals surface area contributed by atoms with Crippen LogP contribution in [0.1, 0.15) is 22.6 Å². The minimum absolute atomic E-state index is 0.197. The number of nitrogens with zero attached hydrogens (tertiary/aromatic N) is 3. The molecule has 0 aliphatic heterocycles. The number of rotatable bonds is 6. The van der Waals surface area contributed by atoms with Crippen LogP contribution >= 0.6 is 11.6 Å². The monoisotopic (exact) mass is 256 g/mol. The second-order valence-electron chi connectivity index (χ2n) is 4.03. The molecule has 0 aliphatic carbocycles. The zero-order valence-corrected chi connectivity index (χ0v) is 11.1. The van der Waals surface area contributed by atoms with Gasteiger partial charge in [0.1, 0.15) is 16.8 Å². The highest BCUT2D eigenvalue weighted by atomic mass is 35.5. The van der Waals surface area contributed by atoms with Crippen molar-refractivity contribution in [3.8, 4) is 0 Å². The van der Waals surface area contributed by atoms with E-state index in [2.05, 4.69) is 20.2 Å². The van der Waals surface area contributed by atoms with Gasteiger partial charge in [0.25, 0.3) is 0 Å². The van der Waals surface area contributed by atoms with Gasteiger partial charge < -0.3 is 10.2 Å². The summed E-state index contributed by atoms with van der Waals surface area (Å²) in [7, 11) is 4.03. The highest BCUT2D eigenvalue weighted by molar-refractivity contribution is 6.32. The predicted molar refractivity (Wildman–Crippen MR) is 68.8 cm³/mol. The predicted octanol–water partition coefficient (Wildman–Crippen LogP) is 1.61. The first-order valence-corrected chi connectivity index (χ1v) is 5.80. The van der Waals surface area contributed by atoms with E-state index >= 15 is 0 Å². The maximum atomic E-state index is 10.9. The number of hydrogen-bond acceptors (Lipinski definition) is 5. The van der Waals surface area contributed by atoms with Gasteiger partial charge >= 0.3 is 0 Å². The van der Waals surface area contributed by atoms with Crippen LogP contribution in [-0.4, -0.2) is 48.3 Å². The van der Waals surface area contributed by atoms with E-state index in [-0.39, 0.29) is 5.15 Å². The average molecular weight is 257 g/mol. The van der Waals surface area contributed by atoms with E-state index in [1.54, 1.807) is 6.92 Å².